The van der Waals surface area contributed by atoms with Gasteiger partial charge in [-0.25, -0.2) is 0 Å². The van der Waals surface area contributed by atoms with Crippen molar-refractivity contribution in [2.24, 2.45) is 5.92 Å². The lowest BCUT2D eigenvalue weighted by Crippen LogP contribution is -2.16. The first-order valence-corrected chi connectivity index (χ1v) is 8.40. The molecule has 6 heteroatoms. The second-order valence-electron chi connectivity index (χ2n) is 6.37. The summed E-state index contributed by atoms with van der Waals surface area (Å²) in [6, 6.07) is 16.0. The summed E-state index contributed by atoms with van der Waals surface area (Å²) >= 11 is 0. The molecule has 0 radical (unpaired) electrons. The van der Waals surface area contributed by atoms with Crippen LogP contribution < -0.4 is 5.32 Å². The highest BCUT2D eigenvalue weighted by molar-refractivity contribution is 6.00. The predicted molar refractivity (Wildman–Crippen MR) is 101 cm³/mol. The molecule has 1 unspecified atom stereocenters. The topological polar surface area (TPSA) is 85.1 Å². The number of fused-ring (bicyclic) bond motifs is 1. The van der Waals surface area contributed by atoms with Crippen LogP contribution in [0.25, 0.3) is 10.9 Å². The van der Waals surface area contributed by atoms with Gasteiger partial charge in [0.15, 0.2) is 0 Å². The Labute approximate surface area is 151 Å². The molecule has 6 nitrogen and oxygen atoms in total. The average Bonchev–Trinajstić information content (AvgIpc) is 2.62. The van der Waals surface area contributed by atoms with Crippen LogP contribution in [-0.4, -0.2) is 15.8 Å². The molecule has 132 valence electrons. The normalized spacial score (nSPS) is 11.9. The molecule has 0 fully saturated rings. The first-order chi connectivity index (χ1) is 12.5. The lowest BCUT2D eigenvalue weighted by molar-refractivity contribution is -0.384. The van der Waals surface area contributed by atoms with E-state index in [2.05, 4.69) is 10.3 Å². The number of benzene rings is 2. The standard InChI is InChI=1S/C20H19N3O3/c1-14(12-15-7-9-17(10-8-15)23(25)26)13-19(24)22-18-6-2-4-16-5-3-11-21-20(16)18/h2-11,14H,12-13H2,1H3,(H,22,24). The number of carbonyl (C=O) groups is 1. The largest absolute Gasteiger partial charge is 0.324 e. The Hall–Kier alpha value is -3.28. The van der Waals surface area contributed by atoms with E-state index in [0.717, 1.165) is 16.5 Å². The highest BCUT2D eigenvalue weighted by atomic mass is 16.6. The number of nitro benzene ring substituents is 1. The minimum atomic E-state index is -0.418. The van der Waals surface area contributed by atoms with Gasteiger partial charge in [-0.3, -0.25) is 19.9 Å². The molecule has 0 aliphatic heterocycles. The Balaban J connectivity index is 1.61. The van der Waals surface area contributed by atoms with Gasteiger partial charge in [-0.2, -0.15) is 0 Å². The zero-order valence-electron chi connectivity index (χ0n) is 14.4. The van der Waals surface area contributed by atoms with Gasteiger partial charge in [-0.1, -0.05) is 37.3 Å². The van der Waals surface area contributed by atoms with E-state index in [0.29, 0.717) is 18.5 Å². The lowest BCUT2D eigenvalue weighted by Gasteiger charge is -2.12. The summed E-state index contributed by atoms with van der Waals surface area (Å²) in [5, 5.41) is 14.6. The number of anilines is 1. The fraction of sp³-hybridized carbons (Fsp3) is 0.200. The number of carbonyl (C=O) groups excluding carboxylic acids is 1. The molecule has 0 saturated heterocycles. The van der Waals surface area contributed by atoms with E-state index < -0.39 is 4.92 Å². The van der Waals surface area contributed by atoms with Crippen molar-refractivity contribution in [3.8, 4) is 0 Å². The van der Waals surface area contributed by atoms with Crippen LogP contribution in [0.3, 0.4) is 0 Å². The smallest absolute Gasteiger partial charge is 0.269 e. The molecule has 0 saturated carbocycles. The molecule has 1 amide bonds. The summed E-state index contributed by atoms with van der Waals surface area (Å²) < 4.78 is 0. The molecule has 26 heavy (non-hydrogen) atoms. The third kappa shape index (κ3) is 4.22. The first-order valence-electron chi connectivity index (χ1n) is 8.40. The van der Waals surface area contributed by atoms with Gasteiger partial charge in [-0.15, -0.1) is 0 Å². The van der Waals surface area contributed by atoms with Crippen molar-refractivity contribution in [2.45, 2.75) is 19.8 Å². The molecule has 1 heterocycles. The van der Waals surface area contributed by atoms with E-state index in [1.165, 1.54) is 12.1 Å². The van der Waals surface area contributed by atoms with Gasteiger partial charge in [0.2, 0.25) is 5.91 Å². The summed E-state index contributed by atoms with van der Waals surface area (Å²) in [5.41, 5.74) is 2.52. The first kappa shape index (κ1) is 17.5. The predicted octanol–water partition coefficient (Wildman–Crippen LogP) is 4.35. The zero-order valence-corrected chi connectivity index (χ0v) is 14.4. The SMILES string of the molecule is CC(CC(=O)Nc1cccc2cccnc12)Cc1ccc([N+](=O)[O-])cc1. The number of hydrogen-bond donors (Lipinski definition) is 1. The number of aromatic nitrogens is 1. The van der Waals surface area contributed by atoms with Gasteiger partial charge < -0.3 is 5.32 Å². The summed E-state index contributed by atoms with van der Waals surface area (Å²) in [7, 11) is 0. The number of rotatable bonds is 6. The van der Waals surface area contributed by atoms with Crippen molar-refractivity contribution in [3.05, 3.63) is 76.5 Å². The fourth-order valence-electron chi connectivity index (χ4n) is 2.95. The van der Waals surface area contributed by atoms with Crippen LogP contribution in [0.2, 0.25) is 0 Å². The highest BCUT2D eigenvalue weighted by Gasteiger charge is 2.13. The molecule has 0 spiro atoms. The Kier molecular flexibility index (Phi) is 5.22. The molecule has 1 aromatic heterocycles. The van der Waals surface area contributed by atoms with Crippen LogP contribution in [0.1, 0.15) is 18.9 Å². The molecule has 0 aliphatic carbocycles. The summed E-state index contributed by atoms with van der Waals surface area (Å²) in [6.45, 7) is 1.99. The Morgan fingerprint density at radius 1 is 1.15 bits per heavy atom. The molecule has 1 atom stereocenters. The second kappa shape index (κ2) is 7.74. The van der Waals surface area contributed by atoms with E-state index in [1.54, 1.807) is 18.3 Å². The molecule has 0 bridgehead atoms. The van der Waals surface area contributed by atoms with Crippen LogP contribution in [0.5, 0.6) is 0 Å². The van der Waals surface area contributed by atoms with Crippen LogP contribution in [-0.2, 0) is 11.2 Å². The minimum absolute atomic E-state index is 0.0717. The molecule has 1 N–H and O–H groups in total. The summed E-state index contributed by atoms with van der Waals surface area (Å²) in [4.78, 5) is 27.0. The number of amides is 1. The second-order valence-corrected chi connectivity index (χ2v) is 6.37. The molecular weight excluding hydrogens is 330 g/mol. The van der Waals surface area contributed by atoms with Gasteiger partial charge in [-0.05, 0) is 30.0 Å². The number of pyridine rings is 1. The van der Waals surface area contributed by atoms with E-state index in [4.69, 9.17) is 0 Å². The molecule has 3 rings (SSSR count). The highest BCUT2D eigenvalue weighted by Crippen LogP contribution is 2.22. The average molecular weight is 349 g/mol. The Morgan fingerprint density at radius 2 is 1.88 bits per heavy atom. The van der Waals surface area contributed by atoms with Crippen LogP contribution in [0.15, 0.2) is 60.8 Å². The third-order valence-corrected chi connectivity index (χ3v) is 4.17. The van der Waals surface area contributed by atoms with Crippen molar-refractivity contribution in [1.29, 1.82) is 0 Å². The Bertz CT molecular complexity index is 933. The molecule has 0 aliphatic rings. The monoisotopic (exact) mass is 349 g/mol. The van der Waals surface area contributed by atoms with Gasteiger partial charge in [0, 0.05) is 30.1 Å². The zero-order chi connectivity index (χ0) is 18.5. The van der Waals surface area contributed by atoms with Crippen molar-refractivity contribution >= 4 is 28.2 Å². The number of nitrogens with zero attached hydrogens (tertiary/aromatic N) is 2. The molecule has 3 aromatic rings. The lowest BCUT2D eigenvalue weighted by atomic mass is 9.97. The van der Waals surface area contributed by atoms with Gasteiger partial charge in [0.25, 0.3) is 5.69 Å². The number of nitro groups is 1. The van der Waals surface area contributed by atoms with E-state index in [1.807, 2.05) is 37.3 Å². The fourth-order valence-corrected chi connectivity index (χ4v) is 2.95. The maximum absolute atomic E-state index is 12.4. The van der Waals surface area contributed by atoms with Crippen molar-refractivity contribution in [2.75, 3.05) is 5.32 Å². The van der Waals surface area contributed by atoms with E-state index in [-0.39, 0.29) is 17.5 Å². The maximum atomic E-state index is 12.4. The van der Waals surface area contributed by atoms with Gasteiger partial charge in [0.1, 0.15) is 0 Å². The number of nitrogens with one attached hydrogen (secondary N) is 1. The van der Waals surface area contributed by atoms with Crippen LogP contribution in [0, 0.1) is 16.0 Å². The Morgan fingerprint density at radius 3 is 2.62 bits per heavy atom. The molecular formula is C20H19N3O3. The van der Waals surface area contributed by atoms with Gasteiger partial charge in [0.05, 0.1) is 16.1 Å². The van der Waals surface area contributed by atoms with Crippen molar-refractivity contribution < 1.29 is 9.72 Å². The molecule has 2 aromatic carbocycles. The van der Waals surface area contributed by atoms with E-state index in [9.17, 15) is 14.9 Å². The van der Waals surface area contributed by atoms with Crippen LogP contribution in [0.4, 0.5) is 11.4 Å². The van der Waals surface area contributed by atoms with Crippen molar-refractivity contribution in [3.63, 3.8) is 0 Å². The quantitative estimate of drug-likeness (QED) is 0.529. The summed E-state index contributed by atoms with van der Waals surface area (Å²) in [5.74, 6) is 0.0388. The van der Waals surface area contributed by atoms with E-state index >= 15 is 0 Å². The van der Waals surface area contributed by atoms with Crippen LogP contribution >= 0.6 is 0 Å². The maximum Gasteiger partial charge on any atom is 0.269 e. The minimum Gasteiger partial charge on any atom is -0.324 e. The van der Waals surface area contributed by atoms with Crippen molar-refractivity contribution in [1.82, 2.24) is 4.98 Å². The summed E-state index contributed by atoms with van der Waals surface area (Å²) in [6.07, 6.45) is 2.74. The number of para-hydroxylation sites is 1. The van der Waals surface area contributed by atoms with Gasteiger partial charge >= 0.3 is 0 Å². The number of hydrogen-bond acceptors (Lipinski definition) is 4. The third-order valence-electron chi connectivity index (χ3n) is 4.17. The number of non-ortho nitro benzene ring substituents is 1.